The maximum absolute atomic E-state index is 13.8. The van der Waals surface area contributed by atoms with Gasteiger partial charge in [-0.1, -0.05) is 87.5 Å². The summed E-state index contributed by atoms with van der Waals surface area (Å²) in [4.78, 5) is 55.3. The van der Waals surface area contributed by atoms with Crippen LogP contribution in [-0.2, 0) is 5.41 Å². The summed E-state index contributed by atoms with van der Waals surface area (Å²) < 4.78 is 0. The van der Waals surface area contributed by atoms with E-state index in [1.807, 2.05) is 42.5 Å². The lowest BCUT2D eigenvalue weighted by atomic mass is 9.87. The van der Waals surface area contributed by atoms with Crippen molar-refractivity contribution in [3.8, 4) is 0 Å². The molecule has 1 aliphatic rings. The molecule has 5 rings (SSSR count). The van der Waals surface area contributed by atoms with Crippen LogP contribution in [0.1, 0.15) is 73.3 Å². The first-order valence-electron chi connectivity index (χ1n) is 13.2. The zero-order valence-corrected chi connectivity index (χ0v) is 22.8. The molecule has 40 heavy (non-hydrogen) atoms. The number of hydrogen-bond donors (Lipinski definition) is 0. The van der Waals surface area contributed by atoms with Gasteiger partial charge in [0.1, 0.15) is 0 Å². The van der Waals surface area contributed by atoms with Gasteiger partial charge in [0.25, 0.3) is 17.7 Å². The molecule has 4 aromatic rings. The second-order valence-corrected chi connectivity index (χ2v) is 10.8. The van der Waals surface area contributed by atoms with Crippen LogP contribution in [-0.4, -0.2) is 41.5 Å². The van der Waals surface area contributed by atoms with Crippen molar-refractivity contribution in [3.05, 3.63) is 137 Å². The molecule has 0 aliphatic carbocycles. The molecular formula is C34H30N2O4. The second kappa shape index (κ2) is 10.7. The van der Waals surface area contributed by atoms with Gasteiger partial charge in [-0.15, -0.1) is 0 Å². The molecule has 0 fully saturated rings. The Morgan fingerprint density at radius 3 is 1.70 bits per heavy atom. The first-order valence-corrected chi connectivity index (χ1v) is 13.2. The molecule has 0 aromatic heterocycles. The molecule has 6 nitrogen and oxygen atoms in total. The van der Waals surface area contributed by atoms with Gasteiger partial charge in [0.05, 0.1) is 11.1 Å². The Labute approximate surface area is 233 Å². The SMILES string of the molecule is CC(C)(C)c1ccc(N(CCN2C(=O)c3ccccc3C2=O)C(=O)c2ccc(C(=O)c3ccccc3)cc2)cc1. The quantitative estimate of drug-likeness (QED) is 0.212. The summed E-state index contributed by atoms with van der Waals surface area (Å²) in [7, 11) is 0. The highest BCUT2D eigenvalue weighted by atomic mass is 16.2. The molecule has 4 aromatic carbocycles. The minimum Gasteiger partial charge on any atom is -0.307 e. The third-order valence-electron chi connectivity index (χ3n) is 7.15. The average molecular weight is 531 g/mol. The fraction of sp³-hybridized carbons (Fsp3) is 0.176. The van der Waals surface area contributed by atoms with Crippen LogP contribution in [0.15, 0.2) is 103 Å². The number of hydrogen-bond acceptors (Lipinski definition) is 4. The molecule has 0 radical (unpaired) electrons. The maximum Gasteiger partial charge on any atom is 0.261 e. The summed E-state index contributed by atoms with van der Waals surface area (Å²) in [6.07, 6.45) is 0. The van der Waals surface area contributed by atoms with E-state index < -0.39 is 0 Å². The summed E-state index contributed by atoms with van der Waals surface area (Å²) in [5, 5.41) is 0. The number of carbonyl (C=O) groups excluding carboxylic acids is 4. The van der Waals surface area contributed by atoms with Crippen LogP contribution >= 0.6 is 0 Å². The molecule has 200 valence electrons. The highest BCUT2D eigenvalue weighted by molar-refractivity contribution is 6.21. The van der Waals surface area contributed by atoms with Crippen molar-refractivity contribution in [2.75, 3.05) is 18.0 Å². The molecule has 0 atom stereocenters. The second-order valence-electron chi connectivity index (χ2n) is 10.8. The highest BCUT2D eigenvalue weighted by Gasteiger charge is 2.35. The molecular weight excluding hydrogens is 500 g/mol. The van der Waals surface area contributed by atoms with Gasteiger partial charge in [0.2, 0.25) is 0 Å². The van der Waals surface area contributed by atoms with Crippen molar-refractivity contribution in [2.45, 2.75) is 26.2 Å². The van der Waals surface area contributed by atoms with Gasteiger partial charge >= 0.3 is 0 Å². The molecule has 1 aliphatic heterocycles. The van der Waals surface area contributed by atoms with Crippen molar-refractivity contribution in [1.29, 1.82) is 0 Å². The monoisotopic (exact) mass is 530 g/mol. The summed E-state index contributed by atoms with van der Waals surface area (Å²) in [6.45, 7) is 6.51. The number of nitrogens with zero attached hydrogens (tertiary/aromatic N) is 2. The average Bonchev–Trinajstić information content (AvgIpc) is 3.22. The first-order chi connectivity index (χ1) is 19.1. The summed E-state index contributed by atoms with van der Waals surface area (Å²) in [5.74, 6) is -1.14. The molecule has 0 N–H and O–H groups in total. The van der Waals surface area contributed by atoms with E-state index in [-0.39, 0.29) is 42.0 Å². The standard InChI is InChI=1S/C34H30N2O4/c1-34(2,3)26-17-19-27(20-18-26)35(21-22-36-32(39)28-11-7-8-12-29(28)33(36)40)31(38)25-15-13-24(14-16-25)30(37)23-9-5-4-6-10-23/h4-20H,21-22H2,1-3H3. The largest absolute Gasteiger partial charge is 0.307 e. The zero-order chi connectivity index (χ0) is 28.4. The first kappa shape index (κ1) is 26.8. The topological polar surface area (TPSA) is 74.8 Å². The lowest BCUT2D eigenvalue weighted by Crippen LogP contribution is -2.41. The Balaban J connectivity index is 1.41. The van der Waals surface area contributed by atoms with Crippen molar-refractivity contribution < 1.29 is 19.2 Å². The predicted octanol–water partition coefficient (Wildman–Crippen LogP) is 6.16. The van der Waals surface area contributed by atoms with Crippen molar-refractivity contribution >= 4 is 29.2 Å². The van der Waals surface area contributed by atoms with Crippen molar-refractivity contribution in [3.63, 3.8) is 0 Å². The molecule has 0 unspecified atom stereocenters. The number of anilines is 1. The Hall–Kier alpha value is -4.84. The third kappa shape index (κ3) is 5.21. The number of rotatable bonds is 7. The lowest BCUT2D eigenvalue weighted by Gasteiger charge is -2.26. The molecule has 0 saturated heterocycles. The van der Waals surface area contributed by atoms with Gasteiger partial charge in [0.15, 0.2) is 5.78 Å². The number of fused-ring (bicyclic) bond motifs is 1. The molecule has 3 amide bonds. The van der Waals surface area contributed by atoms with Crippen LogP contribution in [0, 0.1) is 0 Å². The molecule has 0 spiro atoms. The van der Waals surface area contributed by atoms with E-state index in [9.17, 15) is 19.2 Å². The minimum atomic E-state index is -0.361. The Bertz CT molecular complexity index is 1550. The molecule has 6 heteroatoms. The van der Waals surface area contributed by atoms with E-state index in [0.717, 1.165) is 5.56 Å². The van der Waals surface area contributed by atoms with Crippen LogP contribution in [0.25, 0.3) is 0 Å². The van der Waals surface area contributed by atoms with Crippen LogP contribution in [0.2, 0.25) is 0 Å². The normalized spacial score (nSPS) is 12.8. The number of imide groups is 1. The van der Waals surface area contributed by atoms with Gasteiger partial charge in [-0.3, -0.25) is 24.1 Å². The predicted molar refractivity (Wildman–Crippen MR) is 155 cm³/mol. The van der Waals surface area contributed by atoms with Crippen LogP contribution in [0.3, 0.4) is 0 Å². The third-order valence-corrected chi connectivity index (χ3v) is 7.15. The Morgan fingerprint density at radius 2 is 1.15 bits per heavy atom. The fourth-order valence-corrected chi connectivity index (χ4v) is 4.81. The van der Waals surface area contributed by atoms with E-state index in [1.54, 1.807) is 65.6 Å². The van der Waals surface area contributed by atoms with Crippen LogP contribution < -0.4 is 4.90 Å². The van der Waals surface area contributed by atoms with E-state index in [4.69, 9.17) is 0 Å². The zero-order valence-electron chi connectivity index (χ0n) is 22.8. The van der Waals surface area contributed by atoms with Gasteiger partial charge in [-0.2, -0.15) is 0 Å². The van der Waals surface area contributed by atoms with Crippen LogP contribution in [0.4, 0.5) is 5.69 Å². The molecule has 1 heterocycles. The Kier molecular flexibility index (Phi) is 7.18. The van der Waals surface area contributed by atoms with Crippen molar-refractivity contribution in [2.24, 2.45) is 0 Å². The van der Waals surface area contributed by atoms with Gasteiger partial charge in [-0.05, 0) is 47.4 Å². The number of ketones is 1. The summed E-state index contributed by atoms with van der Waals surface area (Å²) in [5.41, 5.74) is 3.91. The Morgan fingerprint density at radius 1 is 0.650 bits per heavy atom. The van der Waals surface area contributed by atoms with Crippen LogP contribution in [0.5, 0.6) is 0 Å². The summed E-state index contributed by atoms with van der Waals surface area (Å²) >= 11 is 0. The van der Waals surface area contributed by atoms with E-state index >= 15 is 0 Å². The number of amides is 3. The van der Waals surface area contributed by atoms with Gasteiger partial charge in [-0.25, -0.2) is 0 Å². The summed E-state index contributed by atoms with van der Waals surface area (Å²) in [6, 6.07) is 30.0. The lowest BCUT2D eigenvalue weighted by molar-refractivity contribution is 0.0654. The van der Waals surface area contributed by atoms with Gasteiger partial charge in [0, 0.05) is 35.5 Å². The number of carbonyl (C=O) groups is 4. The molecule has 0 bridgehead atoms. The smallest absolute Gasteiger partial charge is 0.261 e. The van der Waals surface area contributed by atoms with Crippen molar-refractivity contribution in [1.82, 2.24) is 4.90 Å². The van der Waals surface area contributed by atoms with E-state index in [0.29, 0.717) is 33.5 Å². The van der Waals surface area contributed by atoms with Gasteiger partial charge < -0.3 is 4.90 Å². The van der Waals surface area contributed by atoms with E-state index in [1.165, 1.54) is 4.90 Å². The fourth-order valence-electron chi connectivity index (χ4n) is 4.81. The molecule has 0 saturated carbocycles. The number of benzene rings is 4. The highest BCUT2D eigenvalue weighted by Crippen LogP contribution is 2.27. The van der Waals surface area contributed by atoms with E-state index in [2.05, 4.69) is 20.8 Å². The minimum absolute atomic E-state index is 0.0453. The maximum atomic E-state index is 13.8.